The van der Waals surface area contributed by atoms with Crippen molar-refractivity contribution in [2.75, 3.05) is 13.7 Å². The van der Waals surface area contributed by atoms with E-state index < -0.39 is 57.1 Å². The lowest BCUT2D eigenvalue weighted by Gasteiger charge is -2.23. The summed E-state index contributed by atoms with van der Waals surface area (Å²) in [6.45, 7) is -0.456. The predicted molar refractivity (Wildman–Crippen MR) is 96.6 cm³/mol. The second-order valence-corrected chi connectivity index (χ2v) is 8.37. The van der Waals surface area contributed by atoms with Crippen LogP contribution in [0.1, 0.15) is 12.0 Å². The van der Waals surface area contributed by atoms with Gasteiger partial charge in [0.1, 0.15) is 12.1 Å². The van der Waals surface area contributed by atoms with E-state index in [1.54, 1.807) is 0 Å². The Morgan fingerprint density at radius 3 is 2.37 bits per heavy atom. The van der Waals surface area contributed by atoms with Gasteiger partial charge in [0.2, 0.25) is 10.0 Å². The average molecular weight is 447 g/mol. The van der Waals surface area contributed by atoms with Gasteiger partial charge in [0.25, 0.3) is 0 Å². The standard InChI is InChI=1S/C19H17F4NO5S/c1-28-18(25)15-10-12(29-16-8-4-3-7-14(16)20)11-24(15)30(26,27)17-9-5-2-6-13(17)19(21,22)23/h2-9,12,15H,10-11H2,1H3/t12-,15+/m1/s1. The van der Waals surface area contributed by atoms with Crippen LogP contribution in [0.5, 0.6) is 5.75 Å². The second-order valence-electron chi connectivity index (χ2n) is 6.51. The summed E-state index contributed by atoms with van der Waals surface area (Å²) in [5.74, 6) is -1.82. The Morgan fingerprint density at radius 2 is 1.73 bits per heavy atom. The number of ether oxygens (including phenoxy) is 2. The molecule has 0 unspecified atom stereocenters. The highest BCUT2D eigenvalue weighted by atomic mass is 32.2. The molecule has 0 radical (unpaired) electrons. The molecule has 0 saturated carbocycles. The number of carbonyl (C=O) groups is 1. The van der Waals surface area contributed by atoms with Crippen LogP contribution in [0.15, 0.2) is 53.4 Å². The van der Waals surface area contributed by atoms with Gasteiger partial charge in [0.15, 0.2) is 11.6 Å². The number of nitrogens with zero attached hydrogens (tertiary/aromatic N) is 1. The molecule has 1 aliphatic rings. The molecule has 2 atom stereocenters. The van der Waals surface area contributed by atoms with Gasteiger partial charge in [-0.25, -0.2) is 12.8 Å². The predicted octanol–water partition coefficient (Wildman–Crippen LogP) is 3.23. The maximum absolute atomic E-state index is 13.9. The number of hydrogen-bond acceptors (Lipinski definition) is 5. The Labute approximate surface area is 170 Å². The molecule has 1 aliphatic heterocycles. The van der Waals surface area contributed by atoms with E-state index in [0.29, 0.717) is 10.4 Å². The van der Waals surface area contributed by atoms with E-state index in [2.05, 4.69) is 4.74 Å². The van der Waals surface area contributed by atoms with Crippen LogP contribution in [-0.4, -0.2) is 44.5 Å². The highest BCUT2D eigenvalue weighted by Gasteiger charge is 2.48. The number of sulfonamides is 1. The van der Waals surface area contributed by atoms with Crippen molar-refractivity contribution < 1.29 is 40.2 Å². The zero-order valence-corrected chi connectivity index (χ0v) is 16.4. The lowest BCUT2D eigenvalue weighted by molar-refractivity contribution is -0.144. The summed E-state index contributed by atoms with van der Waals surface area (Å²) in [5.41, 5.74) is -1.35. The van der Waals surface area contributed by atoms with Crippen LogP contribution in [0.2, 0.25) is 0 Å². The van der Waals surface area contributed by atoms with Crippen molar-refractivity contribution in [2.45, 2.75) is 29.6 Å². The van der Waals surface area contributed by atoms with Gasteiger partial charge in [0.05, 0.1) is 24.1 Å². The number of alkyl halides is 3. The van der Waals surface area contributed by atoms with Crippen LogP contribution in [0.25, 0.3) is 0 Å². The molecule has 1 heterocycles. The first-order chi connectivity index (χ1) is 14.1. The summed E-state index contributed by atoms with van der Waals surface area (Å²) in [6, 6.07) is 7.64. The van der Waals surface area contributed by atoms with Crippen molar-refractivity contribution in [2.24, 2.45) is 0 Å². The van der Waals surface area contributed by atoms with E-state index in [1.165, 1.54) is 18.2 Å². The van der Waals surface area contributed by atoms with Crippen LogP contribution in [-0.2, 0) is 25.7 Å². The van der Waals surface area contributed by atoms with E-state index in [1.807, 2.05) is 0 Å². The highest BCUT2D eigenvalue weighted by molar-refractivity contribution is 7.89. The van der Waals surface area contributed by atoms with Gasteiger partial charge in [0, 0.05) is 6.42 Å². The Hall–Kier alpha value is -2.66. The minimum absolute atomic E-state index is 0.166. The number of rotatable bonds is 5. The lowest BCUT2D eigenvalue weighted by Crippen LogP contribution is -2.41. The first kappa shape index (κ1) is 22.0. The monoisotopic (exact) mass is 447 g/mol. The molecule has 0 bridgehead atoms. The van der Waals surface area contributed by atoms with Crippen molar-refractivity contribution in [3.05, 3.63) is 59.9 Å². The SMILES string of the molecule is COC(=O)[C@@H]1C[C@@H](Oc2ccccc2F)CN1S(=O)(=O)c1ccccc1C(F)(F)F. The first-order valence-corrected chi connectivity index (χ1v) is 10.2. The van der Waals surface area contributed by atoms with Crippen LogP contribution >= 0.6 is 0 Å². The van der Waals surface area contributed by atoms with E-state index in [9.17, 15) is 30.8 Å². The molecule has 2 aromatic carbocycles. The molecule has 0 spiro atoms. The second kappa shape index (κ2) is 8.23. The number of methoxy groups -OCH3 is 1. The molecule has 0 N–H and O–H groups in total. The average Bonchev–Trinajstić information content (AvgIpc) is 3.13. The number of halogens is 4. The maximum Gasteiger partial charge on any atom is 0.417 e. The number of carbonyl (C=O) groups excluding carboxylic acids is 1. The van der Waals surface area contributed by atoms with Crippen LogP contribution < -0.4 is 4.74 Å². The van der Waals surface area contributed by atoms with Crippen molar-refractivity contribution in [3.63, 3.8) is 0 Å². The molecule has 3 rings (SSSR count). The van der Waals surface area contributed by atoms with Gasteiger partial charge in [-0.1, -0.05) is 24.3 Å². The smallest absolute Gasteiger partial charge is 0.417 e. The minimum atomic E-state index is -4.92. The highest BCUT2D eigenvalue weighted by Crippen LogP contribution is 2.37. The molecule has 11 heteroatoms. The van der Waals surface area contributed by atoms with Crippen LogP contribution in [0, 0.1) is 5.82 Å². The van der Waals surface area contributed by atoms with Gasteiger partial charge in [-0.15, -0.1) is 0 Å². The lowest BCUT2D eigenvalue weighted by atomic mass is 10.2. The molecule has 0 amide bonds. The largest absolute Gasteiger partial charge is 0.486 e. The fourth-order valence-electron chi connectivity index (χ4n) is 3.24. The number of para-hydroxylation sites is 1. The van der Waals surface area contributed by atoms with Gasteiger partial charge < -0.3 is 9.47 Å². The van der Waals surface area contributed by atoms with Gasteiger partial charge >= 0.3 is 12.1 Å². The fraction of sp³-hybridized carbons (Fsp3) is 0.316. The van der Waals surface area contributed by atoms with E-state index >= 15 is 0 Å². The molecule has 162 valence electrons. The van der Waals surface area contributed by atoms with E-state index in [4.69, 9.17) is 4.74 Å². The zero-order valence-electron chi connectivity index (χ0n) is 15.6. The molecule has 1 fully saturated rings. The van der Waals surface area contributed by atoms with Crippen molar-refractivity contribution in [1.29, 1.82) is 0 Å². The summed E-state index contributed by atoms with van der Waals surface area (Å²) in [6.07, 6.45) is -6.11. The minimum Gasteiger partial charge on any atom is -0.486 e. The molecule has 0 aliphatic carbocycles. The number of esters is 1. The summed E-state index contributed by atoms with van der Waals surface area (Å²) in [7, 11) is -3.72. The molecule has 6 nitrogen and oxygen atoms in total. The molecule has 1 saturated heterocycles. The first-order valence-electron chi connectivity index (χ1n) is 8.72. The zero-order chi connectivity index (χ0) is 22.1. The van der Waals surface area contributed by atoms with E-state index in [-0.39, 0.29) is 12.2 Å². The van der Waals surface area contributed by atoms with Crippen molar-refractivity contribution in [3.8, 4) is 5.75 Å². The topological polar surface area (TPSA) is 72.9 Å². The maximum atomic E-state index is 13.9. The Bertz CT molecular complexity index is 1040. The number of hydrogen-bond donors (Lipinski definition) is 0. The Kier molecular flexibility index (Phi) is 6.04. The summed E-state index contributed by atoms with van der Waals surface area (Å²) in [4.78, 5) is 11.2. The van der Waals surface area contributed by atoms with Crippen molar-refractivity contribution in [1.82, 2.24) is 4.31 Å². The Balaban J connectivity index is 1.98. The third-order valence-corrected chi connectivity index (χ3v) is 6.53. The summed E-state index contributed by atoms with van der Waals surface area (Å²) in [5, 5.41) is 0. The molecule has 2 aromatic rings. The third-order valence-electron chi connectivity index (χ3n) is 4.60. The van der Waals surface area contributed by atoms with Crippen molar-refractivity contribution >= 4 is 16.0 Å². The van der Waals surface area contributed by atoms with Gasteiger partial charge in [-0.2, -0.15) is 17.5 Å². The molecular formula is C19H17F4NO5S. The van der Waals surface area contributed by atoms with Gasteiger partial charge in [-0.3, -0.25) is 4.79 Å². The van der Waals surface area contributed by atoms with E-state index in [0.717, 1.165) is 31.4 Å². The number of benzene rings is 2. The van der Waals surface area contributed by atoms with Crippen LogP contribution in [0.3, 0.4) is 0 Å². The molecule has 30 heavy (non-hydrogen) atoms. The third kappa shape index (κ3) is 4.26. The normalized spacial score (nSPS) is 20.2. The fourth-order valence-corrected chi connectivity index (χ4v) is 5.08. The van der Waals surface area contributed by atoms with Gasteiger partial charge in [-0.05, 0) is 24.3 Å². The summed E-state index contributed by atoms with van der Waals surface area (Å²) >= 11 is 0. The quantitative estimate of drug-likeness (QED) is 0.520. The Morgan fingerprint density at radius 1 is 1.10 bits per heavy atom. The van der Waals surface area contributed by atoms with Crippen LogP contribution in [0.4, 0.5) is 17.6 Å². The molecule has 0 aromatic heterocycles. The molecular weight excluding hydrogens is 430 g/mol. The summed E-state index contributed by atoms with van der Waals surface area (Å²) < 4.78 is 90.8.